The van der Waals surface area contributed by atoms with Crippen LogP contribution in [0.4, 0.5) is 27.9 Å². The first-order valence-corrected chi connectivity index (χ1v) is 12.7. The van der Waals surface area contributed by atoms with Crippen LogP contribution in [0.25, 0.3) is 0 Å². The van der Waals surface area contributed by atoms with Crippen LogP contribution in [0.3, 0.4) is 0 Å². The highest BCUT2D eigenvalue weighted by atomic mass is 35.5. The van der Waals surface area contributed by atoms with Crippen molar-refractivity contribution in [3.63, 3.8) is 0 Å². The molecular formula is C25H30ClN7O4. The van der Waals surface area contributed by atoms with Crippen molar-refractivity contribution in [2.75, 3.05) is 29.2 Å². The maximum atomic E-state index is 12.7. The maximum absolute atomic E-state index is 12.7. The van der Waals surface area contributed by atoms with Gasteiger partial charge in [0.05, 0.1) is 36.8 Å². The standard InChI is InChI=1S/C25H30ClN7O4/c1-3-33-18-9-8-17(21(36-2)14(18)6-7-16(27)23(33)34)30-25-29-11-15(26)22(32-25)31-19-12-4-5-13(10-12)20(19)37-24(28)35/h4-5,8-9,11-13,16,19-20H,3,6-7,10,27H2,1-2H3,(H2,28,35)(H2,29,30,31,32)/t12-,13+,16?,19+,20-/m0/s1. The van der Waals surface area contributed by atoms with Gasteiger partial charge in [-0.3, -0.25) is 4.79 Å². The van der Waals surface area contributed by atoms with E-state index in [1.54, 1.807) is 12.0 Å². The number of hydrogen-bond donors (Lipinski definition) is 4. The van der Waals surface area contributed by atoms with E-state index in [4.69, 9.17) is 32.5 Å². The zero-order valence-corrected chi connectivity index (χ0v) is 21.4. The smallest absolute Gasteiger partial charge is 0.404 e. The van der Waals surface area contributed by atoms with Crippen molar-refractivity contribution in [1.29, 1.82) is 0 Å². The summed E-state index contributed by atoms with van der Waals surface area (Å²) < 4.78 is 11.2. The van der Waals surface area contributed by atoms with Crippen molar-refractivity contribution < 1.29 is 19.1 Å². The van der Waals surface area contributed by atoms with Crippen molar-refractivity contribution in [3.8, 4) is 5.75 Å². The quantitative estimate of drug-likeness (QED) is 0.397. The van der Waals surface area contributed by atoms with Gasteiger partial charge in [0.25, 0.3) is 0 Å². The van der Waals surface area contributed by atoms with E-state index in [1.807, 2.05) is 19.1 Å². The Bertz CT molecular complexity index is 1260. The molecule has 2 heterocycles. The predicted molar refractivity (Wildman–Crippen MR) is 140 cm³/mol. The molecule has 1 saturated carbocycles. The second-order valence-corrected chi connectivity index (χ2v) is 9.81. The number of carbonyl (C=O) groups is 2. The second-order valence-electron chi connectivity index (χ2n) is 9.41. The van der Waals surface area contributed by atoms with E-state index in [0.29, 0.717) is 47.6 Å². The van der Waals surface area contributed by atoms with Crippen LogP contribution in [0.1, 0.15) is 25.3 Å². The summed E-state index contributed by atoms with van der Waals surface area (Å²) in [6.45, 7) is 2.42. The Morgan fingerprint density at radius 3 is 2.81 bits per heavy atom. The molecular weight excluding hydrogens is 498 g/mol. The summed E-state index contributed by atoms with van der Waals surface area (Å²) in [4.78, 5) is 34.8. The molecule has 0 spiro atoms. The molecule has 1 unspecified atom stereocenters. The molecule has 6 N–H and O–H groups in total. The molecule has 5 rings (SSSR count). The van der Waals surface area contributed by atoms with Crippen LogP contribution in [-0.2, 0) is 16.0 Å². The first kappa shape index (κ1) is 25.1. The van der Waals surface area contributed by atoms with Gasteiger partial charge in [0, 0.05) is 23.9 Å². The summed E-state index contributed by atoms with van der Waals surface area (Å²) in [6.07, 6.45) is 6.40. The normalized spacial score (nSPS) is 26.0. The number of ether oxygens (including phenoxy) is 2. The highest BCUT2D eigenvalue weighted by molar-refractivity contribution is 6.32. The molecule has 1 aromatic heterocycles. The molecule has 11 nitrogen and oxygen atoms in total. The van der Waals surface area contributed by atoms with Crippen LogP contribution in [0.15, 0.2) is 30.5 Å². The van der Waals surface area contributed by atoms with E-state index in [0.717, 1.165) is 17.7 Å². The summed E-state index contributed by atoms with van der Waals surface area (Å²) in [5, 5.41) is 6.88. The van der Waals surface area contributed by atoms with Gasteiger partial charge in [-0.25, -0.2) is 9.78 Å². The Labute approximate surface area is 219 Å². The van der Waals surface area contributed by atoms with Gasteiger partial charge >= 0.3 is 6.09 Å². The fraction of sp³-hybridized carbons (Fsp3) is 0.440. The number of hydrogen-bond acceptors (Lipinski definition) is 9. The molecule has 1 fully saturated rings. The minimum Gasteiger partial charge on any atom is -0.494 e. The van der Waals surface area contributed by atoms with Crippen molar-refractivity contribution >= 4 is 46.7 Å². The predicted octanol–water partition coefficient (Wildman–Crippen LogP) is 2.96. The van der Waals surface area contributed by atoms with Gasteiger partial charge < -0.3 is 36.5 Å². The highest BCUT2D eigenvalue weighted by Crippen LogP contribution is 2.43. The fourth-order valence-corrected chi connectivity index (χ4v) is 5.73. The molecule has 2 bridgehead atoms. The topological polar surface area (TPSA) is 158 Å². The molecule has 37 heavy (non-hydrogen) atoms. The first-order valence-electron chi connectivity index (χ1n) is 12.3. The van der Waals surface area contributed by atoms with Gasteiger partial charge in [0.15, 0.2) is 5.82 Å². The fourth-order valence-electron chi connectivity index (χ4n) is 5.58. The van der Waals surface area contributed by atoms with Gasteiger partial charge in [-0.15, -0.1) is 0 Å². The summed E-state index contributed by atoms with van der Waals surface area (Å²) in [5.41, 5.74) is 13.7. The van der Waals surface area contributed by atoms with Gasteiger partial charge in [-0.05, 0) is 38.3 Å². The number of halogens is 1. The van der Waals surface area contributed by atoms with Gasteiger partial charge in [0.2, 0.25) is 11.9 Å². The molecule has 1 aliphatic heterocycles. The maximum Gasteiger partial charge on any atom is 0.404 e. The average molecular weight is 528 g/mol. The van der Waals surface area contributed by atoms with E-state index in [1.165, 1.54) is 6.20 Å². The molecule has 2 amide bonds. The lowest BCUT2D eigenvalue weighted by Gasteiger charge is -2.28. The number of primary amides is 1. The van der Waals surface area contributed by atoms with E-state index < -0.39 is 18.2 Å². The van der Waals surface area contributed by atoms with E-state index in [-0.39, 0.29) is 23.8 Å². The number of fused-ring (bicyclic) bond motifs is 3. The van der Waals surface area contributed by atoms with Crippen molar-refractivity contribution in [2.24, 2.45) is 23.3 Å². The molecule has 0 saturated heterocycles. The van der Waals surface area contributed by atoms with Crippen molar-refractivity contribution in [1.82, 2.24) is 9.97 Å². The highest BCUT2D eigenvalue weighted by Gasteiger charge is 2.47. The first-order chi connectivity index (χ1) is 17.8. The minimum atomic E-state index is -0.812. The van der Waals surface area contributed by atoms with Crippen molar-refractivity contribution in [2.45, 2.75) is 44.4 Å². The lowest BCUT2D eigenvalue weighted by molar-refractivity contribution is -0.119. The monoisotopic (exact) mass is 527 g/mol. The van der Waals surface area contributed by atoms with Gasteiger partial charge in [0.1, 0.15) is 16.9 Å². The van der Waals surface area contributed by atoms with E-state index >= 15 is 0 Å². The Kier molecular flexibility index (Phi) is 6.82. The largest absolute Gasteiger partial charge is 0.494 e. The number of nitrogens with two attached hydrogens (primary N) is 2. The number of anilines is 4. The van der Waals surface area contributed by atoms with Crippen LogP contribution in [0.5, 0.6) is 5.75 Å². The summed E-state index contributed by atoms with van der Waals surface area (Å²) >= 11 is 6.42. The number of benzene rings is 1. The number of aromatic nitrogens is 2. The number of nitrogens with zero attached hydrogens (tertiary/aromatic N) is 3. The number of likely N-dealkylation sites (N-methyl/N-ethyl adjacent to an activating group) is 1. The number of methoxy groups -OCH3 is 1. The molecule has 3 aliphatic rings. The number of rotatable bonds is 7. The van der Waals surface area contributed by atoms with Crippen LogP contribution < -0.4 is 31.7 Å². The molecule has 2 aliphatic carbocycles. The second kappa shape index (κ2) is 10.1. The molecule has 0 radical (unpaired) electrons. The lowest BCUT2D eigenvalue weighted by atomic mass is 9.98. The Balaban J connectivity index is 1.42. The molecule has 1 aromatic carbocycles. The average Bonchev–Trinajstić information content (AvgIpc) is 3.44. The zero-order chi connectivity index (χ0) is 26.3. The molecule has 5 atom stereocenters. The van der Waals surface area contributed by atoms with Crippen LogP contribution in [0, 0.1) is 11.8 Å². The Morgan fingerprint density at radius 2 is 2.08 bits per heavy atom. The molecule has 12 heteroatoms. The third-order valence-electron chi connectivity index (χ3n) is 7.27. The molecule has 196 valence electrons. The molecule has 2 aromatic rings. The summed E-state index contributed by atoms with van der Waals surface area (Å²) in [7, 11) is 1.58. The van der Waals surface area contributed by atoms with Gasteiger partial charge in [-0.1, -0.05) is 23.8 Å². The van der Waals surface area contributed by atoms with E-state index in [2.05, 4.69) is 32.8 Å². The SMILES string of the molecule is CCN1C(=O)C(N)CCc2c1ccc(Nc1ncc(Cl)c(N[C@H]3[C@@H](OC(N)=O)[C@@H]4C=C[C@H]3C4)n1)c2OC. The summed E-state index contributed by atoms with van der Waals surface area (Å²) in [6, 6.07) is 2.92. The Hall–Kier alpha value is -3.57. The summed E-state index contributed by atoms with van der Waals surface area (Å²) in [5.74, 6) is 1.46. The third-order valence-corrected chi connectivity index (χ3v) is 7.55. The van der Waals surface area contributed by atoms with Crippen LogP contribution >= 0.6 is 11.6 Å². The van der Waals surface area contributed by atoms with Gasteiger partial charge in [-0.2, -0.15) is 4.98 Å². The zero-order valence-electron chi connectivity index (χ0n) is 20.6. The van der Waals surface area contributed by atoms with Crippen LogP contribution in [-0.4, -0.2) is 53.8 Å². The van der Waals surface area contributed by atoms with Crippen molar-refractivity contribution in [3.05, 3.63) is 41.1 Å². The number of amides is 2. The van der Waals surface area contributed by atoms with Crippen LogP contribution in [0.2, 0.25) is 5.02 Å². The Morgan fingerprint density at radius 1 is 1.30 bits per heavy atom. The van der Waals surface area contributed by atoms with E-state index in [9.17, 15) is 9.59 Å². The third kappa shape index (κ3) is 4.64. The number of carbonyl (C=O) groups excluding carboxylic acids is 2. The number of nitrogens with one attached hydrogen (secondary N) is 2. The minimum absolute atomic E-state index is 0.0970. The lowest BCUT2D eigenvalue weighted by Crippen LogP contribution is -2.42.